The van der Waals surface area contributed by atoms with Crippen LogP contribution in [0, 0.1) is 0 Å². The van der Waals surface area contributed by atoms with Crippen LogP contribution in [0.15, 0.2) is 24.3 Å². The summed E-state index contributed by atoms with van der Waals surface area (Å²) < 4.78 is 20.7. The van der Waals surface area contributed by atoms with Crippen molar-refractivity contribution in [2.75, 3.05) is 46.2 Å². The molecule has 0 saturated carbocycles. The highest BCUT2D eigenvalue weighted by molar-refractivity contribution is 5.89. The zero-order chi connectivity index (χ0) is 15.3. The molecule has 0 fully saturated rings. The third-order valence-electron chi connectivity index (χ3n) is 2.51. The number of benzene rings is 1. The third-order valence-corrected chi connectivity index (χ3v) is 2.51. The van der Waals surface area contributed by atoms with E-state index in [1.54, 1.807) is 0 Å². The van der Waals surface area contributed by atoms with Crippen molar-refractivity contribution < 1.29 is 28.8 Å². The number of carbonyl (C=O) groups is 1. The summed E-state index contributed by atoms with van der Waals surface area (Å²) >= 11 is 0. The first kappa shape index (κ1) is 17.4. The summed E-state index contributed by atoms with van der Waals surface area (Å²) in [5.74, 6) is -0.328. The van der Waals surface area contributed by atoms with E-state index in [1.165, 1.54) is 24.3 Å². The van der Waals surface area contributed by atoms with E-state index in [0.717, 1.165) is 0 Å². The summed E-state index contributed by atoms with van der Waals surface area (Å²) in [5, 5.41) is 9.11. The maximum absolute atomic E-state index is 11.6. The van der Waals surface area contributed by atoms with Gasteiger partial charge in [0.15, 0.2) is 0 Å². The molecule has 1 aromatic rings. The van der Waals surface area contributed by atoms with E-state index >= 15 is 0 Å². The van der Waals surface area contributed by atoms with E-state index in [-0.39, 0.29) is 12.4 Å². The van der Waals surface area contributed by atoms with Gasteiger partial charge in [0.05, 0.1) is 38.6 Å². The predicted molar refractivity (Wildman–Crippen MR) is 76.5 cm³/mol. The average Bonchev–Trinajstić information content (AvgIpc) is 2.49. The number of aromatic hydroxyl groups is 1. The molecule has 1 aromatic carbocycles. The summed E-state index contributed by atoms with van der Waals surface area (Å²) in [5.41, 5.74) is 0.395. The highest BCUT2D eigenvalue weighted by Gasteiger charge is 2.06. The lowest BCUT2D eigenvalue weighted by Gasteiger charge is -2.07. The molecule has 0 amide bonds. The van der Waals surface area contributed by atoms with Gasteiger partial charge in [-0.1, -0.05) is 0 Å². The molecule has 0 aliphatic heterocycles. The van der Waals surface area contributed by atoms with Gasteiger partial charge in [-0.25, -0.2) is 4.79 Å². The fraction of sp³-hybridized carbons (Fsp3) is 0.533. The van der Waals surface area contributed by atoms with E-state index in [1.807, 2.05) is 6.92 Å². The minimum Gasteiger partial charge on any atom is -0.508 e. The quantitative estimate of drug-likeness (QED) is 0.494. The second-order valence-corrected chi connectivity index (χ2v) is 4.10. The van der Waals surface area contributed by atoms with Crippen molar-refractivity contribution in [3.63, 3.8) is 0 Å². The lowest BCUT2D eigenvalue weighted by Crippen LogP contribution is -2.14. The van der Waals surface area contributed by atoms with Crippen molar-refractivity contribution in [1.29, 1.82) is 0 Å². The van der Waals surface area contributed by atoms with Crippen LogP contribution >= 0.6 is 0 Å². The zero-order valence-corrected chi connectivity index (χ0v) is 12.2. The Bertz CT molecular complexity index is 390. The Kier molecular flexibility index (Phi) is 9.19. The molecule has 0 heterocycles. The normalized spacial score (nSPS) is 10.5. The monoisotopic (exact) mass is 298 g/mol. The van der Waals surface area contributed by atoms with E-state index < -0.39 is 5.97 Å². The van der Waals surface area contributed by atoms with Gasteiger partial charge in [-0.05, 0) is 31.2 Å². The van der Waals surface area contributed by atoms with Crippen LogP contribution in [0.4, 0.5) is 0 Å². The summed E-state index contributed by atoms with van der Waals surface area (Å²) in [7, 11) is 0. The van der Waals surface area contributed by atoms with Crippen LogP contribution in [0.3, 0.4) is 0 Å². The highest BCUT2D eigenvalue weighted by atomic mass is 16.6. The summed E-state index contributed by atoms with van der Waals surface area (Å²) in [6, 6.07) is 5.88. The van der Waals surface area contributed by atoms with Gasteiger partial charge in [-0.3, -0.25) is 0 Å². The van der Waals surface area contributed by atoms with Crippen molar-refractivity contribution >= 4 is 5.97 Å². The third kappa shape index (κ3) is 8.29. The fourth-order valence-electron chi connectivity index (χ4n) is 1.46. The largest absolute Gasteiger partial charge is 0.508 e. The van der Waals surface area contributed by atoms with Crippen molar-refractivity contribution in [1.82, 2.24) is 0 Å². The smallest absolute Gasteiger partial charge is 0.338 e. The number of rotatable bonds is 11. The van der Waals surface area contributed by atoms with E-state index in [4.69, 9.17) is 24.1 Å². The Morgan fingerprint density at radius 2 is 1.43 bits per heavy atom. The fourth-order valence-corrected chi connectivity index (χ4v) is 1.46. The van der Waals surface area contributed by atoms with Crippen LogP contribution in [0.5, 0.6) is 5.75 Å². The molecule has 0 radical (unpaired) electrons. The number of esters is 1. The molecule has 0 saturated heterocycles. The molecule has 0 atom stereocenters. The standard InChI is InChI=1S/C15H22O6/c1-2-18-7-8-19-9-10-20-11-12-21-15(17)13-3-5-14(16)6-4-13/h3-6,16H,2,7-12H2,1H3. The number of hydrogen-bond donors (Lipinski definition) is 1. The number of ether oxygens (including phenoxy) is 4. The van der Waals surface area contributed by atoms with Gasteiger partial charge < -0.3 is 24.1 Å². The summed E-state index contributed by atoms with van der Waals surface area (Å²) in [6.45, 7) is 5.18. The highest BCUT2D eigenvalue weighted by Crippen LogP contribution is 2.10. The lowest BCUT2D eigenvalue weighted by atomic mass is 10.2. The second-order valence-electron chi connectivity index (χ2n) is 4.10. The molecule has 6 nitrogen and oxygen atoms in total. The molecular weight excluding hydrogens is 276 g/mol. The first-order chi connectivity index (χ1) is 10.2. The molecule has 6 heteroatoms. The van der Waals surface area contributed by atoms with Crippen molar-refractivity contribution in [3.05, 3.63) is 29.8 Å². The number of hydrogen-bond acceptors (Lipinski definition) is 6. The molecule has 0 bridgehead atoms. The predicted octanol–water partition coefficient (Wildman–Crippen LogP) is 1.62. The maximum Gasteiger partial charge on any atom is 0.338 e. The Morgan fingerprint density at radius 1 is 0.905 bits per heavy atom. The SMILES string of the molecule is CCOCCOCCOCCOC(=O)c1ccc(O)cc1. The van der Waals surface area contributed by atoms with Gasteiger partial charge in [-0.2, -0.15) is 0 Å². The van der Waals surface area contributed by atoms with Crippen molar-refractivity contribution in [3.8, 4) is 5.75 Å². The first-order valence-electron chi connectivity index (χ1n) is 6.93. The minimum atomic E-state index is -0.438. The Morgan fingerprint density at radius 3 is 2.00 bits per heavy atom. The molecule has 118 valence electrons. The summed E-state index contributed by atoms with van der Waals surface area (Å²) in [4.78, 5) is 11.6. The van der Waals surface area contributed by atoms with E-state index in [9.17, 15) is 4.79 Å². The van der Waals surface area contributed by atoms with Crippen LogP contribution in [0.2, 0.25) is 0 Å². The summed E-state index contributed by atoms with van der Waals surface area (Å²) in [6.07, 6.45) is 0. The molecule has 21 heavy (non-hydrogen) atoms. The first-order valence-corrected chi connectivity index (χ1v) is 6.93. The molecular formula is C15H22O6. The van der Waals surface area contributed by atoms with Gasteiger partial charge in [0, 0.05) is 6.61 Å². The molecule has 0 aromatic heterocycles. The van der Waals surface area contributed by atoms with Crippen molar-refractivity contribution in [2.24, 2.45) is 0 Å². The minimum absolute atomic E-state index is 0.110. The number of phenols is 1. The Balaban J connectivity index is 1.96. The molecule has 1 N–H and O–H groups in total. The van der Waals surface area contributed by atoms with Crippen LogP contribution in [-0.4, -0.2) is 57.3 Å². The molecule has 0 unspecified atom stereocenters. The average molecular weight is 298 g/mol. The molecule has 1 rings (SSSR count). The van der Waals surface area contributed by atoms with Gasteiger partial charge in [-0.15, -0.1) is 0 Å². The van der Waals surface area contributed by atoms with Gasteiger partial charge >= 0.3 is 5.97 Å². The van der Waals surface area contributed by atoms with E-state index in [2.05, 4.69) is 0 Å². The van der Waals surface area contributed by atoms with E-state index in [0.29, 0.717) is 45.2 Å². The number of carbonyl (C=O) groups excluding carboxylic acids is 1. The topological polar surface area (TPSA) is 74.2 Å². The molecule has 0 spiro atoms. The Labute approximate surface area is 124 Å². The van der Waals surface area contributed by atoms with Crippen molar-refractivity contribution in [2.45, 2.75) is 6.92 Å². The van der Waals surface area contributed by atoms with Crippen LogP contribution in [0.1, 0.15) is 17.3 Å². The van der Waals surface area contributed by atoms with Gasteiger partial charge in [0.25, 0.3) is 0 Å². The van der Waals surface area contributed by atoms with Crippen LogP contribution < -0.4 is 0 Å². The van der Waals surface area contributed by atoms with Crippen LogP contribution in [-0.2, 0) is 18.9 Å². The lowest BCUT2D eigenvalue weighted by molar-refractivity contribution is 0.00180. The maximum atomic E-state index is 11.6. The Hall–Kier alpha value is -1.63. The second kappa shape index (κ2) is 11.1. The van der Waals surface area contributed by atoms with Crippen LogP contribution in [0.25, 0.3) is 0 Å². The van der Waals surface area contributed by atoms with Gasteiger partial charge in [0.1, 0.15) is 12.4 Å². The molecule has 0 aliphatic rings. The molecule has 0 aliphatic carbocycles. The van der Waals surface area contributed by atoms with Gasteiger partial charge in [0.2, 0.25) is 0 Å². The number of phenolic OH excluding ortho intramolecular Hbond substituents is 1. The zero-order valence-electron chi connectivity index (χ0n) is 12.2.